The minimum absolute atomic E-state index is 0.102. The van der Waals surface area contributed by atoms with Crippen LogP contribution in [0.3, 0.4) is 0 Å². The van der Waals surface area contributed by atoms with Gasteiger partial charge in [0, 0.05) is 0 Å². The number of anilines is 1. The summed E-state index contributed by atoms with van der Waals surface area (Å²) >= 11 is 0. The third kappa shape index (κ3) is 2.09. The van der Waals surface area contributed by atoms with Crippen molar-refractivity contribution in [2.24, 2.45) is 0 Å². The molecule has 11 heavy (non-hydrogen) atoms. The largest absolute Gasteiger partial charge is 0.384 e. The molecule has 5 heteroatoms. The molecule has 1 atom stereocenters. The van der Waals surface area contributed by atoms with Crippen molar-refractivity contribution in [2.45, 2.75) is 5.66 Å². The summed E-state index contributed by atoms with van der Waals surface area (Å²) in [6, 6.07) is 4.12. The van der Waals surface area contributed by atoms with Crippen molar-refractivity contribution in [3.63, 3.8) is 0 Å². The summed E-state index contributed by atoms with van der Waals surface area (Å²) in [4.78, 5) is 3.45. The zero-order valence-corrected chi connectivity index (χ0v) is 6.74. The highest BCUT2D eigenvalue weighted by Crippen LogP contribution is 2.33. The van der Waals surface area contributed by atoms with Gasteiger partial charge in [0.1, 0.15) is 11.5 Å². The molecular formula is C6H7F2N2P. The summed E-state index contributed by atoms with van der Waals surface area (Å²) in [5, 5.41) is 0. The smallest absolute Gasteiger partial charge is 0.300 e. The second-order valence-corrected chi connectivity index (χ2v) is 2.80. The lowest BCUT2D eigenvalue weighted by atomic mass is 10.3. The summed E-state index contributed by atoms with van der Waals surface area (Å²) in [5.41, 5.74) is 1.88. The Balaban J connectivity index is 3.06. The van der Waals surface area contributed by atoms with Gasteiger partial charge in [-0.3, -0.25) is 0 Å². The number of halogens is 2. The molecule has 0 aliphatic carbocycles. The summed E-state index contributed by atoms with van der Waals surface area (Å²) < 4.78 is 25.0. The maximum atomic E-state index is 12.5. The molecule has 60 valence electrons. The van der Waals surface area contributed by atoms with E-state index < -0.39 is 5.66 Å². The number of aromatic nitrogens is 1. The number of nitrogens with zero attached hydrogens (tertiary/aromatic N) is 1. The van der Waals surface area contributed by atoms with Gasteiger partial charge in [-0.05, 0) is 12.1 Å². The van der Waals surface area contributed by atoms with Crippen molar-refractivity contribution in [2.75, 3.05) is 5.73 Å². The Morgan fingerprint density at radius 3 is 2.45 bits per heavy atom. The van der Waals surface area contributed by atoms with Crippen LogP contribution in [0.4, 0.5) is 14.6 Å². The number of rotatable bonds is 1. The number of hydrogen-bond acceptors (Lipinski definition) is 2. The average molecular weight is 176 g/mol. The van der Waals surface area contributed by atoms with Crippen LogP contribution in [0.15, 0.2) is 18.2 Å². The van der Waals surface area contributed by atoms with Gasteiger partial charge >= 0.3 is 0 Å². The Bertz CT molecular complexity index is 259. The van der Waals surface area contributed by atoms with E-state index in [1.807, 2.05) is 0 Å². The maximum Gasteiger partial charge on any atom is 0.300 e. The zero-order chi connectivity index (χ0) is 8.48. The van der Waals surface area contributed by atoms with Crippen molar-refractivity contribution in [1.29, 1.82) is 0 Å². The Hall–Kier alpha value is -0.760. The lowest BCUT2D eigenvalue weighted by Gasteiger charge is -2.08. The van der Waals surface area contributed by atoms with Crippen molar-refractivity contribution < 1.29 is 8.78 Å². The van der Waals surface area contributed by atoms with E-state index in [9.17, 15) is 8.78 Å². The molecule has 1 heterocycles. The molecule has 1 aromatic rings. The van der Waals surface area contributed by atoms with Crippen molar-refractivity contribution in [3.05, 3.63) is 23.9 Å². The monoisotopic (exact) mass is 176 g/mol. The molecule has 0 amide bonds. The summed E-state index contributed by atoms with van der Waals surface area (Å²) in [5.74, 6) is 0.102. The van der Waals surface area contributed by atoms with Gasteiger partial charge in [-0.2, -0.15) is 8.78 Å². The topological polar surface area (TPSA) is 38.9 Å². The first-order chi connectivity index (χ1) is 5.00. The summed E-state index contributed by atoms with van der Waals surface area (Å²) in [7, 11) is 1.40. The third-order valence-corrected chi connectivity index (χ3v) is 1.41. The molecule has 0 saturated carbocycles. The Kier molecular flexibility index (Phi) is 2.05. The summed E-state index contributed by atoms with van der Waals surface area (Å²) in [6.07, 6.45) is 0. The van der Waals surface area contributed by atoms with Crippen LogP contribution < -0.4 is 5.73 Å². The molecule has 2 N–H and O–H groups in total. The lowest BCUT2D eigenvalue weighted by Crippen LogP contribution is -2.06. The van der Waals surface area contributed by atoms with Gasteiger partial charge in [-0.25, -0.2) is 4.98 Å². The van der Waals surface area contributed by atoms with Gasteiger partial charge in [-0.1, -0.05) is 15.3 Å². The fourth-order valence-corrected chi connectivity index (χ4v) is 0.798. The molecule has 0 bridgehead atoms. The number of nitrogen functional groups attached to an aromatic ring is 1. The molecule has 0 radical (unpaired) electrons. The Morgan fingerprint density at radius 2 is 2.09 bits per heavy atom. The third-order valence-electron chi connectivity index (χ3n) is 1.11. The summed E-state index contributed by atoms with van der Waals surface area (Å²) in [6.45, 7) is 0. The number of pyridine rings is 1. The van der Waals surface area contributed by atoms with Gasteiger partial charge < -0.3 is 5.73 Å². The Labute approximate surface area is 65.0 Å². The first kappa shape index (κ1) is 8.34. The molecule has 0 aliphatic rings. The van der Waals surface area contributed by atoms with Crippen molar-refractivity contribution in [1.82, 2.24) is 4.98 Å². The van der Waals surface area contributed by atoms with E-state index in [0.29, 0.717) is 0 Å². The molecule has 1 rings (SSSR count). The predicted octanol–water partition coefficient (Wildman–Crippen LogP) is 1.59. The SMILES string of the molecule is Nc1cccc(C(F)(F)P)n1. The van der Waals surface area contributed by atoms with Crippen LogP contribution in [0.1, 0.15) is 5.69 Å². The van der Waals surface area contributed by atoms with Gasteiger partial charge in [0.25, 0.3) is 5.66 Å². The first-order valence-electron chi connectivity index (χ1n) is 2.90. The van der Waals surface area contributed by atoms with E-state index in [1.165, 1.54) is 27.4 Å². The van der Waals surface area contributed by atoms with E-state index in [-0.39, 0.29) is 11.5 Å². The molecular weight excluding hydrogens is 169 g/mol. The van der Waals surface area contributed by atoms with Gasteiger partial charge in [0.2, 0.25) is 0 Å². The van der Waals surface area contributed by atoms with Crippen molar-refractivity contribution >= 4 is 15.1 Å². The standard InChI is InChI=1S/C6H7F2N2P/c7-6(8,11)4-2-1-3-5(9)10-4/h1-3H,11H2,(H2,9,10). The first-order valence-corrected chi connectivity index (χ1v) is 3.47. The molecule has 0 saturated heterocycles. The van der Waals surface area contributed by atoms with E-state index in [4.69, 9.17) is 5.73 Å². The minimum Gasteiger partial charge on any atom is -0.384 e. The van der Waals surface area contributed by atoms with Gasteiger partial charge in [-0.15, -0.1) is 0 Å². The van der Waals surface area contributed by atoms with E-state index in [1.54, 1.807) is 0 Å². The lowest BCUT2D eigenvalue weighted by molar-refractivity contribution is 0.0988. The fraction of sp³-hybridized carbons (Fsp3) is 0.167. The molecule has 0 fully saturated rings. The molecule has 1 aromatic heterocycles. The van der Waals surface area contributed by atoms with E-state index in [2.05, 4.69) is 4.98 Å². The number of nitrogens with two attached hydrogens (primary N) is 1. The molecule has 1 unspecified atom stereocenters. The fourth-order valence-electron chi connectivity index (χ4n) is 0.637. The van der Waals surface area contributed by atoms with Gasteiger partial charge in [0.15, 0.2) is 0 Å². The second kappa shape index (κ2) is 2.70. The van der Waals surface area contributed by atoms with Crippen LogP contribution in [-0.2, 0) is 5.66 Å². The van der Waals surface area contributed by atoms with Crippen molar-refractivity contribution in [3.8, 4) is 0 Å². The second-order valence-electron chi connectivity index (χ2n) is 2.07. The molecule has 0 aliphatic heterocycles. The van der Waals surface area contributed by atoms with Crippen LogP contribution in [0.2, 0.25) is 0 Å². The molecule has 0 aromatic carbocycles. The quantitative estimate of drug-likeness (QED) is 0.660. The highest BCUT2D eigenvalue weighted by atomic mass is 31.0. The van der Waals surface area contributed by atoms with Gasteiger partial charge in [0.05, 0.1) is 0 Å². The highest BCUT2D eigenvalue weighted by Gasteiger charge is 2.25. The van der Waals surface area contributed by atoms with Crippen LogP contribution in [0.25, 0.3) is 0 Å². The van der Waals surface area contributed by atoms with Crippen LogP contribution in [0.5, 0.6) is 0 Å². The van der Waals surface area contributed by atoms with E-state index in [0.717, 1.165) is 0 Å². The maximum absolute atomic E-state index is 12.5. The van der Waals surface area contributed by atoms with E-state index >= 15 is 0 Å². The number of alkyl halides is 2. The minimum atomic E-state index is -2.99. The molecule has 2 nitrogen and oxygen atoms in total. The normalized spacial score (nSPS) is 11.5. The molecule has 0 spiro atoms. The van der Waals surface area contributed by atoms with Crippen LogP contribution >= 0.6 is 9.24 Å². The van der Waals surface area contributed by atoms with Crippen LogP contribution in [0, 0.1) is 0 Å². The predicted molar refractivity (Wildman–Crippen MR) is 42.3 cm³/mol. The van der Waals surface area contributed by atoms with Crippen LogP contribution in [-0.4, -0.2) is 4.98 Å². The zero-order valence-electron chi connectivity index (χ0n) is 5.59. The average Bonchev–Trinajstić information content (AvgIpc) is 1.86. The number of hydrogen-bond donors (Lipinski definition) is 1. The Morgan fingerprint density at radius 1 is 1.45 bits per heavy atom. The highest BCUT2D eigenvalue weighted by molar-refractivity contribution is 7.17.